The zero-order chi connectivity index (χ0) is 13.1. The number of rotatable bonds is 4. The predicted octanol–water partition coefficient (Wildman–Crippen LogP) is 2.16. The zero-order valence-corrected chi connectivity index (χ0v) is 11.1. The lowest BCUT2D eigenvalue weighted by Gasteiger charge is -2.24. The molecule has 3 unspecified atom stereocenters. The Kier molecular flexibility index (Phi) is 4.09. The van der Waals surface area contributed by atoms with Crippen LogP contribution in [0.25, 0.3) is 0 Å². The van der Waals surface area contributed by atoms with Crippen LogP contribution in [0.4, 0.5) is 0 Å². The molecule has 0 radical (unpaired) electrons. The Balaban J connectivity index is 2.36. The van der Waals surface area contributed by atoms with E-state index in [0.29, 0.717) is 29.6 Å². The minimum Gasteiger partial charge on any atom is -0.496 e. The number of aliphatic hydroxyl groups excluding tert-OH is 1. The van der Waals surface area contributed by atoms with Gasteiger partial charge in [-0.15, -0.1) is 0 Å². The molecule has 0 aliphatic carbocycles. The van der Waals surface area contributed by atoms with Crippen LogP contribution >= 0.6 is 0 Å². The van der Waals surface area contributed by atoms with Gasteiger partial charge in [-0.1, -0.05) is 13.0 Å². The Morgan fingerprint density at radius 2 is 1.89 bits per heavy atom. The molecule has 1 aromatic rings. The molecule has 1 saturated heterocycles. The fourth-order valence-electron chi connectivity index (χ4n) is 2.46. The maximum absolute atomic E-state index is 10.5. The first-order valence-electron chi connectivity index (χ1n) is 6.19. The smallest absolute Gasteiger partial charge is 0.128 e. The number of hydrogen-bond donors (Lipinski definition) is 1. The van der Waals surface area contributed by atoms with Gasteiger partial charge in [0, 0.05) is 6.61 Å². The topological polar surface area (TPSA) is 47.9 Å². The van der Waals surface area contributed by atoms with Crippen molar-refractivity contribution >= 4 is 0 Å². The third kappa shape index (κ3) is 2.31. The van der Waals surface area contributed by atoms with Gasteiger partial charge in [0.25, 0.3) is 0 Å². The largest absolute Gasteiger partial charge is 0.496 e. The molecular weight excluding hydrogens is 232 g/mol. The molecule has 100 valence electrons. The highest BCUT2D eigenvalue weighted by Gasteiger charge is 2.34. The maximum atomic E-state index is 10.5. The van der Waals surface area contributed by atoms with Crippen molar-refractivity contribution in [3.8, 4) is 11.5 Å². The van der Waals surface area contributed by atoms with Crippen LogP contribution in [0.5, 0.6) is 11.5 Å². The van der Waals surface area contributed by atoms with E-state index in [1.54, 1.807) is 14.2 Å². The lowest BCUT2D eigenvalue weighted by molar-refractivity contribution is -0.0197. The molecule has 1 N–H and O–H groups in total. The number of ether oxygens (including phenoxy) is 3. The maximum Gasteiger partial charge on any atom is 0.128 e. The summed E-state index contributed by atoms with van der Waals surface area (Å²) in [5.74, 6) is 1.59. The van der Waals surface area contributed by atoms with Crippen LogP contribution in [0.1, 0.15) is 25.0 Å². The number of methoxy groups -OCH3 is 2. The Hall–Kier alpha value is -1.26. The molecule has 4 nitrogen and oxygen atoms in total. The third-order valence-electron chi connectivity index (χ3n) is 3.52. The van der Waals surface area contributed by atoms with E-state index in [1.165, 1.54) is 0 Å². The quantitative estimate of drug-likeness (QED) is 0.892. The molecule has 1 fully saturated rings. The van der Waals surface area contributed by atoms with E-state index in [9.17, 15) is 5.11 Å². The molecule has 3 atom stereocenters. The summed E-state index contributed by atoms with van der Waals surface area (Å²) in [6.45, 7) is 2.78. The third-order valence-corrected chi connectivity index (χ3v) is 3.52. The lowest BCUT2D eigenvalue weighted by atomic mass is 9.93. The van der Waals surface area contributed by atoms with E-state index in [2.05, 4.69) is 6.92 Å². The fourth-order valence-corrected chi connectivity index (χ4v) is 2.46. The van der Waals surface area contributed by atoms with Crippen molar-refractivity contribution in [2.75, 3.05) is 20.8 Å². The first kappa shape index (κ1) is 13.2. The van der Waals surface area contributed by atoms with Crippen molar-refractivity contribution in [2.24, 2.45) is 5.92 Å². The SMILES string of the molecule is COc1cccc(OC)c1C(O)C1OCCC1C. The van der Waals surface area contributed by atoms with Gasteiger partial charge in [0.15, 0.2) is 0 Å². The summed E-state index contributed by atoms with van der Waals surface area (Å²) in [6.07, 6.45) is 0.0444. The van der Waals surface area contributed by atoms with Crippen molar-refractivity contribution in [3.63, 3.8) is 0 Å². The van der Waals surface area contributed by atoms with Gasteiger partial charge in [-0.05, 0) is 24.5 Å². The minimum atomic E-state index is -0.728. The number of hydrogen-bond acceptors (Lipinski definition) is 4. The van der Waals surface area contributed by atoms with Crippen LogP contribution in [-0.2, 0) is 4.74 Å². The summed E-state index contributed by atoms with van der Waals surface area (Å²) in [6, 6.07) is 5.48. The predicted molar refractivity (Wildman–Crippen MR) is 68.0 cm³/mol. The first-order valence-corrected chi connectivity index (χ1v) is 6.19. The van der Waals surface area contributed by atoms with E-state index < -0.39 is 6.10 Å². The van der Waals surface area contributed by atoms with Gasteiger partial charge in [0.05, 0.1) is 25.9 Å². The Morgan fingerprint density at radius 1 is 1.28 bits per heavy atom. The van der Waals surface area contributed by atoms with Crippen LogP contribution in [-0.4, -0.2) is 32.0 Å². The molecule has 4 heteroatoms. The summed E-state index contributed by atoms with van der Waals surface area (Å²) >= 11 is 0. The molecular formula is C14H20O4. The van der Waals surface area contributed by atoms with Gasteiger partial charge >= 0.3 is 0 Å². The Labute approximate surface area is 107 Å². The van der Waals surface area contributed by atoms with Gasteiger partial charge in [-0.25, -0.2) is 0 Å². The normalized spacial score (nSPS) is 24.9. The summed E-state index contributed by atoms with van der Waals surface area (Å²) in [5.41, 5.74) is 0.668. The second kappa shape index (κ2) is 5.59. The van der Waals surface area contributed by atoms with Crippen LogP contribution in [0, 0.1) is 5.92 Å². The summed E-state index contributed by atoms with van der Waals surface area (Å²) < 4.78 is 16.2. The van der Waals surface area contributed by atoms with Gasteiger partial charge < -0.3 is 19.3 Å². The van der Waals surface area contributed by atoms with E-state index in [1.807, 2.05) is 18.2 Å². The second-order valence-electron chi connectivity index (χ2n) is 4.62. The standard InChI is InChI=1S/C14H20O4/c1-9-7-8-18-14(9)13(15)12-10(16-2)5-4-6-11(12)17-3/h4-6,9,13-15H,7-8H2,1-3H3. The molecule has 0 bridgehead atoms. The van der Waals surface area contributed by atoms with Crippen molar-refractivity contribution in [1.82, 2.24) is 0 Å². The van der Waals surface area contributed by atoms with E-state index in [-0.39, 0.29) is 6.10 Å². The van der Waals surface area contributed by atoms with E-state index >= 15 is 0 Å². The molecule has 18 heavy (non-hydrogen) atoms. The highest BCUT2D eigenvalue weighted by atomic mass is 16.5. The van der Waals surface area contributed by atoms with Crippen LogP contribution in [0.2, 0.25) is 0 Å². The number of benzene rings is 1. The van der Waals surface area contributed by atoms with E-state index in [0.717, 1.165) is 6.42 Å². The molecule has 1 aromatic carbocycles. The van der Waals surface area contributed by atoms with Crippen LogP contribution in [0.3, 0.4) is 0 Å². The van der Waals surface area contributed by atoms with Crippen molar-refractivity contribution in [1.29, 1.82) is 0 Å². The van der Waals surface area contributed by atoms with Gasteiger partial charge in [0.2, 0.25) is 0 Å². The second-order valence-corrected chi connectivity index (χ2v) is 4.62. The first-order chi connectivity index (χ1) is 8.69. The molecule has 2 rings (SSSR count). The van der Waals surface area contributed by atoms with E-state index in [4.69, 9.17) is 14.2 Å². The summed E-state index contributed by atoms with van der Waals surface area (Å²) in [7, 11) is 3.17. The minimum absolute atomic E-state index is 0.199. The Morgan fingerprint density at radius 3 is 2.33 bits per heavy atom. The molecule has 1 heterocycles. The molecule has 1 aliphatic rings. The zero-order valence-electron chi connectivity index (χ0n) is 11.1. The molecule has 1 aliphatic heterocycles. The fraction of sp³-hybridized carbons (Fsp3) is 0.571. The Bertz CT molecular complexity index is 383. The van der Waals surface area contributed by atoms with Gasteiger partial charge in [-0.2, -0.15) is 0 Å². The average molecular weight is 252 g/mol. The van der Waals surface area contributed by atoms with Crippen LogP contribution < -0.4 is 9.47 Å². The number of aliphatic hydroxyl groups is 1. The lowest BCUT2D eigenvalue weighted by Crippen LogP contribution is -2.24. The highest BCUT2D eigenvalue weighted by Crippen LogP contribution is 2.40. The van der Waals surface area contributed by atoms with Crippen LogP contribution in [0.15, 0.2) is 18.2 Å². The van der Waals surface area contributed by atoms with Crippen molar-refractivity contribution < 1.29 is 19.3 Å². The summed E-state index contributed by atoms with van der Waals surface area (Å²) in [5, 5.41) is 10.5. The molecule has 0 amide bonds. The van der Waals surface area contributed by atoms with Crippen molar-refractivity contribution in [2.45, 2.75) is 25.6 Å². The molecule has 0 spiro atoms. The molecule has 0 saturated carbocycles. The van der Waals surface area contributed by atoms with Gasteiger partial charge in [0.1, 0.15) is 17.6 Å². The average Bonchev–Trinajstić information content (AvgIpc) is 2.83. The van der Waals surface area contributed by atoms with Crippen molar-refractivity contribution in [3.05, 3.63) is 23.8 Å². The monoisotopic (exact) mass is 252 g/mol. The highest BCUT2D eigenvalue weighted by molar-refractivity contribution is 5.46. The van der Waals surface area contributed by atoms with Gasteiger partial charge in [-0.3, -0.25) is 0 Å². The summed E-state index contributed by atoms with van der Waals surface area (Å²) in [4.78, 5) is 0. The molecule has 0 aromatic heterocycles.